The molecule has 4 nitrogen and oxygen atoms in total. The number of phenols is 2. The Balaban J connectivity index is 0.964. The SMILES string of the molecule is Cc1cc(-c2ccccc2O[C@@H](C)[C@H](C)Oc2ccccc2-c2cc(C)cc(-c3c4c(cc5c3CCCC5)CCCC4)c2O)c(O)c(-c2c3c(cc4c2CCCC4)CCCC3)c1. The van der Waals surface area contributed by atoms with Crippen LogP contribution in [0, 0.1) is 13.8 Å². The van der Waals surface area contributed by atoms with E-state index in [1.54, 1.807) is 0 Å². The monoisotopic (exact) mass is 822 g/mol. The highest BCUT2D eigenvalue weighted by atomic mass is 16.5. The van der Waals surface area contributed by atoms with Crippen LogP contribution in [-0.2, 0) is 51.4 Å². The Morgan fingerprint density at radius 1 is 0.387 bits per heavy atom. The zero-order chi connectivity index (χ0) is 42.5. The molecule has 0 spiro atoms. The van der Waals surface area contributed by atoms with Crippen molar-refractivity contribution in [2.24, 2.45) is 0 Å². The highest BCUT2D eigenvalue weighted by Crippen LogP contribution is 2.50. The van der Waals surface area contributed by atoms with E-state index < -0.39 is 0 Å². The van der Waals surface area contributed by atoms with Crippen molar-refractivity contribution in [3.8, 4) is 67.5 Å². The second-order valence-electron chi connectivity index (χ2n) is 18.9. The van der Waals surface area contributed by atoms with E-state index in [2.05, 4.69) is 76.2 Å². The Morgan fingerprint density at radius 3 is 1.05 bits per heavy atom. The van der Waals surface area contributed by atoms with Crippen LogP contribution in [0.3, 0.4) is 0 Å². The normalized spacial score (nSPS) is 16.6. The largest absolute Gasteiger partial charge is 0.507 e. The average molecular weight is 823 g/mol. The van der Waals surface area contributed by atoms with Gasteiger partial charge in [0.15, 0.2) is 0 Å². The van der Waals surface area contributed by atoms with Gasteiger partial charge in [-0.15, -0.1) is 0 Å². The number of phenolic OH excluding ortho intramolecular Hbond substituents is 2. The molecule has 0 aromatic heterocycles. The highest BCUT2D eigenvalue weighted by Gasteiger charge is 2.29. The van der Waals surface area contributed by atoms with Crippen LogP contribution in [0.5, 0.6) is 23.0 Å². The van der Waals surface area contributed by atoms with Gasteiger partial charge in [0.25, 0.3) is 0 Å². The maximum Gasteiger partial charge on any atom is 0.132 e. The molecule has 0 radical (unpaired) electrons. The number of rotatable bonds is 9. The highest BCUT2D eigenvalue weighted by molar-refractivity contribution is 5.90. The summed E-state index contributed by atoms with van der Waals surface area (Å²) in [6, 6.07) is 29.8. The van der Waals surface area contributed by atoms with Gasteiger partial charge < -0.3 is 19.7 Å². The van der Waals surface area contributed by atoms with Crippen molar-refractivity contribution in [1.82, 2.24) is 0 Å². The van der Waals surface area contributed by atoms with Gasteiger partial charge in [-0.2, -0.15) is 0 Å². The van der Waals surface area contributed by atoms with E-state index in [0.29, 0.717) is 23.0 Å². The number of aromatic hydroxyl groups is 2. The van der Waals surface area contributed by atoms with E-state index in [-0.39, 0.29) is 12.2 Å². The molecular weight excluding hydrogens is 761 g/mol. The van der Waals surface area contributed by atoms with E-state index in [1.165, 1.54) is 107 Å². The standard InChI is InChI=1S/C58H62O4/c1-35-29-49(57(59)51(31-35)55-43-21-9-5-17-39(43)33-40-18-6-10-22-44(40)55)47-25-13-15-27-53(47)61-37(3)38(4)62-54-28-16-14-26-48(54)50-30-36(2)32-52(58(50)60)56-45-23-11-7-19-41(45)34-42-20-8-12-24-46(42)56/h13-16,25-34,37-38,59-60H,5-12,17-24H2,1-4H3/t37-,38-/m0/s1. The van der Waals surface area contributed by atoms with Gasteiger partial charge in [-0.05, 0) is 234 Å². The summed E-state index contributed by atoms with van der Waals surface area (Å²) in [4.78, 5) is 0. The summed E-state index contributed by atoms with van der Waals surface area (Å²) < 4.78 is 13.7. The van der Waals surface area contributed by atoms with E-state index in [0.717, 1.165) is 95.9 Å². The fourth-order valence-electron chi connectivity index (χ4n) is 11.5. The van der Waals surface area contributed by atoms with Crippen LogP contribution < -0.4 is 9.47 Å². The number of fused-ring (bicyclic) bond motifs is 4. The van der Waals surface area contributed by atoms with Gasteiger partial charge in [0.05, 0.1) is 0 Å². The van der Waals surface area contributed by atoms with Crippen molar-refractivity contribution in [2.45, 2.75) is 143 Å². The molecule has 0 unspecified atom stereocenters. The van der Waals surface area contributed by atoms with Gasteiger partial charge in [-0.25, -0.2) is 0 Å². The molecule has 0 heterocycles. The van der Waals surface area contributed by atoms with Crippen LogP contribution in [0.4, 0.5) is 0 Å². The molecule has 6 aromatic rings. The lowest BCUT2D eigenvalue weighted by molar-refractivity contribution is 0.0787. The number of aryl methyl sites for hydroxylation is 6. The smallest absolute Gasteiger partial charge is 0.132 e. The lowest BCUT2D eigenvalue weighted by Crippen LogP contribution is -2.31. The van der Waals surface area contributed by atoms with Crippen molar-refractivity contribution in [3.05, 3.63) is 141 Å². The quantitative estimate of drug-likeness (QED) is 0.152. The lowest BCUT2D eigenvalue weighted by Gasteiger charge is -2.29. The first-order chi connectivity index (χ1) is 30.2. The third-order valence-electron chi connectivity index (χ3n) is 14.6. The Kier molecular flexibility index (Phi) is 11.1. The van der Waals surface area contributed by atoms with E-state index in [9.17, 15) is 10.2 Å². The Hall–Kier alpha value is -5.48. The van der Waals surface area contributed by atoms with Crippen LogP contribution in [0.15, 0.2) is 84.9 Å². The number of benzene rings is 6. The molecule has 318 valence electrons. The Bertz CT molecular complexity index is 2430. The minimum absolute atomic E-state index is 0.332. The van der Waals surface area contributed by atoms with Crippen molar-refractivity contribution in [1.29, 1.82) is 0 Å². The maximum absolute atomic E-state index is 12.4. The third kappa shape index (κ3) is 7.48. The summed E-state index contributed by atoms with van der Waals surface area (Å²) in [7, 11) is 0. The number of para-hydroxylation sites is 2. The van der Waals surface area contributed by atoms with Crippen molar-refractivity contribution in [3.63, 3.8) is 0 Å². The number of hydrogen-bond donors (Lipinski definition) is 2. The molecule has 0 fully saturated rings. The predicted octanol–water partition coefficient (Wildman–Crippen LogP) is 14.1. The van der Waals surface area contributed by atoms with E-state index in [1.807, 2.05) is 36.4 Å². The minimum atomic E-state index is -0.340. The molecule has 10 rings (SSSR count). The molecule has 0 bridgehead atoms. The molecule has 0 amide bonds. The van der Waals surface area contributed by atoms with Gasteiger partial charge in [-0.3, -0.25) is 0 Å². The molecule has 4 aliphatic carbocycles. The fraction of sp³-hybridized carbons (Fsp3) is 0.379. The summed E-state index contributed by atoms with van der Waals surface area (Å²) >= 11 is 0. The molecule has 4 heteroatoms. The molecule has 2 N–H and O–H groups in total. The average Bonchev–Trinajstić information content (AvgIpc) is 3.29. The van der Waals surface area contributed by atoms with Crippen molar-refractivity contribution >= 4 is 0 Å². The third-order valence-corrected chi connectivity index (χ3v) is 14.6. The van der Waals surface area contributed by atoms with Gasteiger partial charge in [0.2, 0.25) is 0 Å². The molecular formula is C58H62O4. The van der Waals surface area contributed by atoms with Gasteiger partial charge in [0.1, 0.15) is 35.2 Å². The van der Waals surface area contributed by atoms with Crippen LogP contribution in [0.25, 0.3) is 44.5 Å². The van der Waals surface area contributed by atoms with Gasteiger partial charge in [0, 0.05) is 33.4 Å². The first kappa shape index (κ1) is 40.6. The Morgan fingerprint density at radius 2 is 0.694 bits per heavy atom. The number of ether oxygens (including phenoxy) is 2. The van der Waals surface area contributed by atoms with Gasteiger partial charge in [-0.1, -0.05) is 48.5 Å². The maximum atomic E-state index is 12.4. The molecule has 4 aliphatic rings. The number of hydrogen-bond acceptors (Lipinski definition) is 4. The second-order valence-corrected chi connectivity index (χ2v) is 18.9. The zero-order valence-electron chi connectivity index (χ0n) is 37.3. The molecule has 0 aliphatic heterocycles. The van der Waals surface area contributed by atoms with Crippen LogP contribution in [0.1, 0.15) is 121 Å². The minimum Gasteiger partial charge on any atom is -0.507 e. The molecule has 62 heavy (non-hydrogen) atoms. The zero-order valence-corrected chi connectivity index (χ0v) is 37.3. The summed E-state index contributed by atoms with van der Waals surface area (Å²) in [5.41, 5.74) is 21.8. The molecule has 0 saturated heterocycles. The second kappa shape index (κ2) is 17.0. The van der Waals surface area contributed by atoms with Crippen LogP contribution >= 0.6 is 0 Å². The predicted molar refractivity (Wildman–Crippen MR) is 254 cm³/mol. The van der Waals surface area contributed by atoms with Crippen molar-refractivity contribution < 1.29 is 19.7 Å². The lowest BCUT2D eigenvalue weighted by atomic mass is 9.76. The van der Waals surface area contributed by atoms with Crippen LogP contribution in [0.2, 0.25) is 0 Å². The van der Waals surface area contributed by atoms with E-state index >= 15 is 0 Å². The molecule has 6 aromatic carbocycles. The fourth-order valence-corrected chi connectivity index (χ4v) is 11.5. The van der Waals surface area contributed by atoms with E-state index in [4.69, 9.17) is 9.47 Å². The van der Waals surface area contributed by atoms with Crippen molar-refractivity contribution in [2.75, 3.05) is 0 Å². The summed E-state index contributed by atoms with van der Waals surface area (Å²) in [5, 5.41) is 24.7. The summed E-state index contributed by atoms with van der Waals surface area (Å²) in [5.74, 6) is 2.09. The van der Waals surface area contributed by atoms with Crippen LogP contribution in [-0.4, -0.2) is 22.4 Å². The Labute approximate surface area is 369 Å². The first-order valence-electron chi connectivity index (χ1n) is 23.8. The van der Waals surface area contributed by atoms with Gasteiger partial charge >= 0.3 is 0 Å². The summed E-state index contributed by atoms with van der Waals surface area (Å²) in [6.45, 7) is 8.39. The first-order valence-corrected chi connectivity index (χ1v) is 23.8. The summed E-state index contributed by atoms with van der Waals surface area (Å²) in [6.07, 6.45) is 17.8. The molecule has 0 saturated carbocycles. The molecule has 2 atom stereocenters. The topological polar surface area (TPSA) is 58.9 Å².